The molecule has 0 saturated carbocycles. The van der Waals surface area contributed by atoms with Crippen LogP contribution in [0.4, 0.5) is 17.1 Å². The van der Waals surface area contributed by atoms with Gasteiger partial charge in [-0.1, -0.05) is 127 Å². The van der Waals surface area contributed by atoms with Gasteiger partial charge in [0.15, 0.2) is 5.58 Å². The Morgan fingerprint density at radius 2 is 0.977 bits per heavy atom. The molecule has 0 amide bonds. The van der Waals surface area contributed by atoms with Crippen molar-refractivity contribution in [3.05, 3.63) is 170 Å². The topological polar surface area (TPSA) is 29.3 Å². The Balaban J connectivity index is 1.27. The lowest BCUT2D eigenvalue weighted by atomic mass is 9.99. The zero-order chi connectivity index (χ0) is 29.3. The highest BCUT2D eigenvalue weighted by Crippen LogP contribution is 2.44. The van der Waals surface area contributed by atoms with Gasteiger partial charge in [-0.2, -0.15) is 0 Å². The summed E-state index contributed by atoms with van der Waals surface area (Å²) in [6, 6.07) is 57.2. The minimum absolute atomic E-state index is 0.761. The number of rotatable bonds is 6. The quantitative estimate of drug-likeness (QED) is 0.201. The molecule has 0 aliphatic heterocycles. The van der Waals surface area contributed by atoms with Crippen LogP contribution in [-0.2, 0) is 0 Å². The molecule has 2 aromatic heterocycles. The first-order valence-electron chi connectivity index (χ1n) is 14.8. The predicted octanol–water partition coefficient (Wildman–Crippen LogP) is 11.5. The lowest BCUT2D eigenvalue weighted by Gasteiger charge is -2.28. The maximum Gasteiger partial charge on any atom is 0.177 e. The molecule has 0 aliphatic carbocycles. The summed E-state index contributed by atoms with van der Waals surface area (Å²) in [4.78, 5) is 7.03. The molecule has 0 fully saturated rings. The summed E-state index contributed by atoms with van der Waals surface area (Å²) in [5.41, 5.74) is 12.5. The number of hydrogen-bond acceptors (Lipinski definition) is 3. The third-order valence-corrected chi connectivity index (χ3v) is 8.16. The van der Waals surface area contributed by atoms with Gasteiger partial charge in [0.2, 0.25) is 0 Å². The zero-order valence-electron chi connectivity index (χ0n) is 24.0. The molecule has 6 aromatic carbocycles. The fraction of sp³-hybridized carbons (Fsp3) is 0. The Kier molecular flexibility index (Phi) is 6.47. The van der Waals surface area contributed by atoms with Gasteiger partial charge in [-0.05, 0) is 64.2 Å². The molecule has 0 radical (unpaired) electrons. The Hall–Kier alpha value is -5.93. The number of aromatic nitrogens is 1. The first-order valence-corrected chi connectivity index (χ1v) is 14.8. The molecule has 3 heteroatoms. The van der Waals surface area contributed by atoms with E-state index in [1.54, 1.807) is 0 Å². The molecule has 0 bridgehead atoms. The van der Waals surface area contributed by atoms with Crippen LogP contribution < -0.4 is 4.90 Å². The smallest absolute Gasteiger partial charge is 0.177 e. The van der Waals surface area contributed by atoms with Gasteiger partial charge < -0.3 is 9.32 Å². The number of furan rings is 1. The number of benzene rings is 6. The van der Waals surface area contributed by atoms with E-state index < -0.39 is 0 Å². The lowest BCUT2D eigenvalue weighted by molar-refractivity contribution is 0.668. The van der Waals surface area contributed by atoms with Crippen molar-refractivity contribution < 1.29 is 4.42 Å². The van der Waals surface area contributed by atoms with E-state index in [2.05, 4.69) is 138 Å². The average Bonchev–Trinajstić information content (AvgIpc) is 3.49. The third-order valence-electron chi connectivity index (χ3n) is 8.16. The van der Waals surface area contributed by atoms with E-state index in [9.17, 15) is 0 Å². The Morgan fingerprint density at radius 3 is 1.68 bits per heavy atom. The van der Waals surface area contributed by atoms with Crippen molar-refractivity contribution in [1.29, 1.82) is 0 Å². The van der Waals surface area contributed by atoms with Crippen molar-refractivity contribution in [1.82, 2.24) is 4.98 Å². The van der Waals surface area contributed by atoms with E-state index in [-0.39, 0.29) is 0 Å². The Labute approximate surface area is 256 Å². The van der Waals surface area contributed by atoms with Gasteiger partial charge in [-0.3, -0.25) is 4.98 Å². The highest BCUT2D eigenvalue weighted by molar-refractivity contribution is 6.08. The van der Waals surface area contributed by atoms with E-state index in [1.165, 1.54) is 16.7 Å². The minimum atomic E-state index is 0.761. The number of pyridine rings is 1. The van der Waals surface area contributed by atoms with E-state index in [1.807, 2.05) is 36.5 Å². The molecule has 0 atom stereocenters. The van der Waals surface area contributed by atoms with Crippen molar-refractivity contribution >= 4 is 39.1 Å². The molecule has 208 valence electrons. The van der Waals surface area contributed by atoms with E-state index >= 15 is 0 Å². The van der Waals surface area contributed by atoms with Gasteiger partial charge in [-0.25, -0.2) is 0 Å². The van der Waals surface area contributed by atoms with Crippen molar-refractivity contribution in [3.63, 3.8) is 0 Å². The molecule has 0 saturated heterocycles. The monoisotopic (exact) mass is 564 g/mol. The van der Waals surface area contributed by atoms with Crippen molar-refractivity contribution in [3.8, 4) is 33.4 Å². The van der Waals surface area contributed by atoms with Crippen LogP contribution >= 0.6 is 0 Å². The molecule has 2 heterocycles. The lowest BCUT2D eigenvalue weighted by Crippen LogP contribution is -2.11. The van der Waals surface area contributed by atoms with Gasteiger partial charge in [0.1, 0.15) is 11.1 Å². The van der Waals surface area contributed by atoms with Crippen molar-refractivity contribution in [2.45, 2.75) is 0 Å². The summed E-state index contributed by atoms with van der Waals surface area (Å²) in [6.07, 6.45) is 1.88. The molecular weight excluding hydrogens is 536 g/mol. The SMILES string of the molecule is c1ccc(-c2ccc(-c3ccc(N(c4ccccc4-c4ccccc4)c4ccnc5c4oc4ccccc45)cc3)cc2)cc1. The molecule has 8 rings (SSSR count). The molecule has 44 heavy (non-hydrogen) atoms. The van der Waals surface area contributed by atoms with E-state index in [0.29, 0.717) is 0 Å². The third kappa shape index (κ3) is 4.61. The molecule has 8 aromatic rings. The van der Waals surface area contributed by atoms with Gasteiger partial charge in [0, 0.05) is 22.8 Å². The van der Waals surface area contributed by atoms with Gasteiger partial charge in [0.25, 0.3) is 0 Å². The molecule has 0 unspecified atom stereocenters. The Morgan fingerprint density at radius 1 is 0.432 bits per heavy atom. The first-order chi connectivity index (χ1) is 21.8. The summed E-state index contributed by atoms with van der Waals surface area (Å²) in [5.74, 6) is 0. The average molecular weight is 565 g/mol. The number of para-hydroxylation sites is 2. The second kappa shape index (κ2) is 11.0. The van der Waals surface area contributed by atoms with Crippen LogP contribution in [0.25, 0.3) is 55.4 Å². The number of nitrogens with zero attached hydrogens (tertiary/aromatic N) is 2. The van der Waals surface area contributed by atoms with Crippen LogP contribution in [-0.4, -0.2) is 4.98 Å². The number of fused-ring (bicyclic) bond motifs is 3. The molecule has 0 N–H and O–H groups in total. The largest absolute Gasteiger partial charge is 0.452 e. The maximum absolute atomic E-state index is 6.49. The van der Waals surface area contributed by atoms with Gasteiger partial charge >= 0.3 is 0 Å². The molecule has 3 nitrogen and oxygen atoms in total. The molecule has 0 aliphatic rings. The number of anilines is 3. The van der Waals surface area contributed by atoms with Crippen LogP contribution in [0.15, 0.2) is 174 Å². The molecular formula is C41H28N2O. The van der Waals surface area contributed by atoms with E-state index in [4.69, 9.17) is 9.40 Å². The highest BCUT2D eigenvalue weighted by Gasteiger charge is 2.22. The summed E-state index contributed by atoms with van der Waals surface area (Å²) in [6.45, 7) is 0. The first kappa shape index (κ1) is 25.8. The van der Waals surface area contributed by atoms with Gasteiger partial charge in [-0.15, -0.1) is 0 Å². The van der Waals surface area contributed by atoms with E-state index in [0.717, 1.165) is 55.8 Å². The van der Waals surface area contributed by atoms with Crippen LogP contribution in [0.2, 0.25) is 0 Å². The summed E-state index contributed by atoms with van der Waals surface area (Å²) < 4.78 is 6.49. The van der Waals surface area contributed by atoms with Crippen LogP contribution in [0, 0.1) is 0 Å². The van der Waals surface area contributed by atoms with Crippen molar-refractivity contribution in [2.75, 3.05) is 4.90 Å². The minimum Gasteiger partial charge on any atom is -0.452 e. The second-order valence-electron chi connectivity index (χ2n) is 10.8. The van der Waals surface area contributed by atoms with Crippen LogP contribution in [0.5, 0.6) is 0 Å². The van der Waals surface area contributed by atoms with Gasteiger partial charge in [0.05, 0.1) is 11.4 Å². The summed E-state index contributed by atoms with van der Waals surface area (Å²) in [5, 5.41) is 1.01. The zero-order valence-corrected chi connectivity index (χ0v) is 24.0. The molecule has 0 spiro atoms. The number of hydrogen-bond donors (Lipinski definition) is 0. The predicted molar refractivity (Wildman–Crippen MR) is 183 cm³/mol. The maximum atomic E-state index is 6.49. The van der Waals surface area contributed by atoms with Crippen LogP contribution in [0.1, 0.15) is 0 Å². The van der Waals surface area contributed by atoms with Crippen LogP contribution in [0.3, 0.4) is 0 Å². The van der Waals surface area contributed by atoms with Crippen molar-refractivity contribution in [2.24, 2.45) is 0 Å². The highest BCUT2D eigenvalue weighted by atomic mass is 16.3. The standard InChI is InChI=1S/C41H28N2O/c1-3-11-29(12-4-1)30-19-21-31(22-20-30)32-23-25-34(26-24-32)43(37-17-9-7-15-35(37)33-13-5-2-6-14-33)38-27-28-42-40-36-16-8-10-18-39(36)44-41(38)40/h1-28H. The second-order valence-corrected chi connectivity index (χ2v) is 10.8. The summed E-state index contributed by atoms with van der Waals surface area (Å²) in [7, 11) is 0. The normalized spacial score (nSPS) is 11.2. The fourth-order valence-electron chi connectivity index (χ4n) is 5.99. The Bertz CT molecular complexity index is 2200. The summed E-state index contributed by atoms with van der Waals surface area (Å²) >= 11 is 0. The fourth-order valence-corrected chi connectivity index (χ4v) is 5.99.